The van der Waals surface area contributed by atoms with Crippen LogP contribution in [0.3, 0.4) is 0 Å². The fraction of sp³-hybridized carbons (Fsp3) is 0.696. The Balaban J connectivity index is 1.43. The number of morpholine rings is 1. The average Bonchev–Trinajstić information content (AvgIpc) is 3.35. The normalized spacial score (nSPS) is 27.3. The zero-order valence-corrected chi connectivity index (χ0v) is 16.5. The number of nitrogens with zero attached hydrogens (tertiary/aromatic N) is 3. The maximum Gasteiger partial charge on any atom is 0.0862 e. The van der Waals surface area contributed by atoms with Crippen LogP contribution in [0.5, 0.6) is 0 Å². The number of fused-ring (bicyclic) bond motifs is 3. The summed E-state index contributed by atoms with van der Waals surface area (Å²) in [7, 11) is 0. The van der Waals surface area contributed by atoms with Gasteiger partial charge in [0.15, 0.2) is 0 Å². The van der Waals surface area contributed by atoms with Crippen LogP contribution < -0.4 is 4.90 Å². The van der Waals surface area contributed by atoms with E-state index < -0.39 is 0 Å². The van der Waals surface area contributed by atoms with Crippen molar-refractivity contribution in [3.05, 3.63) is 24.3 Å². The van der Waals surface area contributed by atoms with Crippen LogP contribution in [-0.4, -0.2) is 55.5 Å². The average molecular weight is 368 g/mol. The molecule has 4 nitrogen and oxygen atoms in total. The zero-order valence-electron chi connectivity index (χ0n) is 16.5. The minimum Gasteiger partial charge on any atom is -0.379 e. The third-order valence-electron chi connectivity index (χ3n) is 7.38. The number of hydrogen-bond donors (Lipinski definition) is 0. The monoisotopic (exact) mass is 367 g/mol. The lowest BCUT2D eigenvalue weighted by Crippen LogP contribution is -2.54. The highest BCUT2D eigenvalue weighted by Crippen LogP contribution is 2.52. The first-order valence-electron chi connectivity index (χ1n) is 11.1. The fourth-order valence-electron chi connectivity index (χ4n) is 6.14. The Labute approximate surface area is 163 Å². The Kier molecular flexibility index (Phi) is 4.95. The van der Waals surface area contributed by atoms with Crippen molar-refractivity contribution < 1.29 is 4.74 Å². The van der Waals surface area contributed by atoms with Crippen LogP contribution >= 0.6 is 0 Å². The summed E-state index contributed by atoms with van der Waals surface area (Å²) in [5.74, 6) is 0.677. The molecule has 1 spiro atoms. The Hall–Kier alpha value is -1.39. The lowest BCUT2D eigenvalue weighted by atomic mass is 9.78. The molecule has 1 aromatic carbocycles. The van der Waals surface area contributed by atoms with Crippen molar-refractivity contribution in [1.29, 1.82) is 0 Å². The molecule has 1 aromatic rings. The second kappa shape index (κ2) is 7.56. The van der Waals surface area contributed by atoms with E-state index in [1.165, 1.54) is 75.0 Å². The van der Waals surface area contributed by atoms with Gasteiger partial charge >= 0.3 is 0 Å². The number of para-hydroxylation sites is 2. The molecule has 0 radical (unpaired) electrons. The summed E-state index contributed by atoms with van der Waals surface area (Å²) >= 11 is 0. The number of rotatable bonds is 4. The first-order valence-corrected chi connectivity index (χ1v) is 11.1. The van der Waals surface area contributed by atoms with Gasteiger partial charge < -0.3 is 9.64 Å². The van der Waals surface area contributed by atoms with E-state index in [2.05, 4.69) is 34.1 Å². The van der Waals surface area contributed by atoms with E-state index in [9.17, 15) is 0 Å². The predicted octanol–water partition coefficient (Wildman–Crippen LogP) is 4.41. The first-order chi connectivity index (χ1) is 13.4. The molecule has 146 valence electrons. The highest BCUT2D eigenvalue weighted by molar-refractivity contribution is 5.95. The maximum absolute atomic E-state index is 5.52. The summed E-state index contributed by atoms with van der Waals surface area (Å²) in [6, 6.07) is 8.93. The predicted molar refractivity (Wildman–Crippen MR) is 111 cm³/mol. The molecule has 5 rings (SSSR count). The molecule has 0 bridgehead atoms. The van der Waals surface area contributed by atoms with Crippen LogP contribution in [0.1, 0.15) is 51.4 Å². The zero-order chi connectivity index (χ0) is 18.1. The van der Waals surface area contributed by atoms with Crippen molar-refractivity contribution >= 4 is 17.1 Å². The van der Waals surface area contributed by atoms with Gasteiger partial charge in [0.1, 0.15) is 0 Å². The highest BCUT2D eigenvalue weighted by atomic mass is 16.5. The van der Waals surface area contributed by atoms with Crippen molar-refractivity contribution in [2.75, 3.05) is 44.3 Å². The van der Waals surface area contributed by atoms with Crippen molar-refractivity contribution in [1.82, 2.24) is 4.90 Å². The lowest BCUT2D eigenvalue weighted by Gasteiger charge is -2.47. The van der Waals surface area contributed by atoms with Crippen LogP contribution in [0.2, 0.25) is 0 Å². The van der Waals surface area contributed by atoms with Crippen LogP contribution in [0.4, 0.5) is 11.4 Å². The molecule has 0 aromatic heterocycles. The Morgan fingerprint density at radius 1 is 1.04 bits per heavy atom. The molecule has 1 unspecified atom stereocenters. The minimum absolute atomic E-state index is 0.326. The third-order valence-corrected chi connectivity index (χ3v) is 7.38. The number of aliphatic imine (C=N–C) groups is 1. The van der Waals surface area contributed by atoms with Crippen LogP contribution in [-0.2, 0) is 4.74 Å². The SMILES string of the molecule is c1ccc2c(c1)N=C1CCCC1C1(CCCC1)N2CCCN1CCOCC1. The third kappa shape index (κ3) is 3.21. The van der Waals surface area contributed by atoms with Crippen molar-refractivity contribution in [2.45, 2.75) is 56.9 Å². The summed E-state index contributed by atoms with van der Waals surface area (Å²) in [6.07, 6.45) is 10.6. The van der Waals surface area contributed by atoms with E-state index in [0.717, 1.165) is 32.8 Å². The van der Waals surface area contributed by atoms with Gasteiger partial charge in [-0.1, -0.05) is 25.0 Å². The van der Waals surface area contributed by atoms with Crippen LogP contribution in [0.25, 0.3) is 0 Å². The van der Waals surface area contributed by atoms with Crippen LogP contribution in [0.15, 0.2) is 29.3 Å². The van der Waals surface area contributed by atoms with E-state index in [1.54, 1.807) is 0 Å². The van der Waals surface area contributed by atoms with Gasteiger partial charge in [0, 0.05) is 43.3 Å². The fourth-order valence-corrected chi connectivity index (χ4v) is 6.14. The van der Waals surface area contributed by atoms with Crippen molar-refractivity contribution in [3.8, 4) is 0 Å². The van der Waals surface area contributed by atoms with E-state index >= 15 is 0 Å². The van der Waals surface area contributed by atoms with E-state index in [1.807, 2.05) is 0 Å². The Morgan fingerprint density at radius 3 is 2.70 bits per heavy atom. The van der Waals surface area contributed by atoms with Gasteiger partial charge in [-0.3, -0.25) is 9.89 Å². The molecule has 0 amide bonds. The summed E-state index contributed by atoms with van der Waals surface area (Å²) in [6.45, 7) is 6.34. The standard InChI is InChI=1S/C23H33N3O/c1-2-10-22-21(8-1)24-20-9-5-7-19(20)23(11-3-4-12-23)26(22)14-6-13-25-15-17-27-18-16-25/h1-2,8,10,19H,3-7,9,11-18H2. The number of benzene rings is 1. The van der Waals surface area contributed by atoms with Crippen molar-refractivity contribution in [3.63, 3.8) is 0 Å². The van der Waals surface area contributed by atoms with Gasteiger partial charge in [-0.15, -0.1) is 0 Å². The molecular weight excluding hydrogens is 334 g/mol. The largest absolute Gasteiger partial charge is 0.379 e. The van der Waals surface area contributed by atoms with Crippen LogP contribution in [0, 0.1) is 5.92 Å². The molecule has 2 aliphatic carbocycles. The molecular formula is C23H33N3O. The molecule has 27 heavy (non-hydrogen) atoms. The summed E-state index contributed by atoms with van der Waals surface area (Å²) in [5, 5.41) is 0. The minimum atomic E-state index is 0.326. The first kappa shape index (κ1) is 17.7. The molecule has 1 saturated heterocycles. The molecule has 2 heterocycles. The second-order valence-electron chi connectivity index (χ2n) is 8.81. The molecule has 4 aliphatic rings. The second-order valence-corrected chi connectivity index (χ2v) is 8.81. The van der Waals surface area contributed by atoms with Gasteiger partial charge in [0.2, 0.25) is 0 Å². The quantitative estimate of drug-likeness (QED) is 0.789. The molecule has 4 heteroatoms. The Bertz CT molecular complexity index is 689. The number of hydrogen-bond acceptors (Lipinski definition) is 4. The molecule has 3 fully saturated rings. The van der Waals surface area contributed by atoms with Gasteiger partial charge in [-0.05, 0) is 50.7 Å². The van der Waals surface area contributed by atoms with E-state index in [0.29, 0.717) is 11.5 Å². The van der Waals surface area contributed by atoms with Gasteiger partial charge in [0.25, 0.3) is 0 Å². The Morgan fingerprint density at radius 2 is 1.85 bits per heavy atom. The van der Waals surface area contributed by atoms with Crippen molar-refractivity contribution in [2.24, 2.45) is 10.9 Å². The van der Waals surface area contributed by atoms with Gasteiger partial charge in [-0.25, -0.2) is 0 Å². The number of ether oxygens (including phenoxy) is 1. The van der Waals surface area contributed by atoms with Gasteiger partial charge in [0.05, 0.1) is 24.6 Å². The molecule has 2 saturated carbocycles. The topological polar surface area (TPSA) is 28.1 Å². The maximum atomic E-state index is 5.52. The molecule has 0 N–H and O–H groups in total. The van der Waals surface area contributed by atoms with E-state index in [4.69, 9.17) is 9.73 Å². The van der Waals surface area contributed by atoms with E-state index in [-0.39, 0.29) is 0 Å². The van der Waals surface area contributed by atoms with Gasteiger partial charge in [-0.2, -0.15) is 0 Å². The summed E-state index contributed by atoms with van der Waals surface area (Å²) in [4.78, 5) is 10.6. The lowest BCUT2D eigenvalue weighted by molar-refractivity contribution is 0.0374. The number of anilines is 1. The highest BCUT2D eigenvalue weighted by Gasteiger charge is 2.50. The summed E-state index contributed by atoms with van der Waals surface area (Å²) in [5.41, 5.74) is 4.44. The molecule has 1 atom stereocenters. The molecule has 2 aliphatic heterocycles. The summed E-state index contributed by atoms with van der Waals surface area (Å²) < 4.78 is 5.52. The smallest absolute Gasteiger partial charge is 0.0862 e.